The number of aromatic hydroxyl groups is 1. The Kier molecular flexibility index (Phi) is 5.60. The minimum Gasteiger partial charge on any atom is -0.508 e. The summed E-state index contributed by atoms with van der Waals surface area (Å²) in [7, 11) is 0. The highest BCUT2D eigenvalue weighted by Gasteiger charge is 2.43. The second-order valence-electron chi connectivity index (χ2n) is 6.06. The summed E-state index contributed by atoms with van der Waals surface area (Å²) < 4.78 is 5.51. The topological polar surface area (TPSA) is 135 Å². The summed E-state index contributed by atoms with van der Waals surface area (Å²) in [6.07, 6.45) is -5.96. The molecule has 5 atom stereocenters. The Hall–Kier alpha value is -2.36. The smallest absolute Gasteiger partial charge is 0.115 e. The summed E-state index contributed by atoms with van der Waals surface area (Å²) in [4.78, 5) is 0. The van der Waals surface area contributed by atoms with E-state index in [-0.39, 0.29) is 5.75 Å². The van der Waals surface area contributed by atoms with Crippen molar-refractivity contribution in [3.05, 3.63) is 54.1 Å². The number of aliphatic hydroxyl groups excluding tert-OH is 4. The van der Waals surface area contributed by atoms with E-state index >= 15 is 0 Å². The Morgan fingerprint density at radius 1 is 0.769 bits per heavy atom. The van der Waals surface area contributed by atoms with E-state index in [4.69, 9.17) is 4.74 Å². The molecule has 0 aromatic heterocycles. The van der Waals surface area contributed by atoms with E-state index in [1.807, 2.05) is 0 Å². The van der Waals surface area contributed by atoms with Crippen LogP contribution in [0.2, 0.25) is 0 Å². The first-order valence-electron chi connectivity index (χ1n) is 8.11. The lowest BCUT2D eigenvalue weighted by molar-refractivity contribution is -0.231. The molecule has 0 unspecified atom stereocenters. The molecule has 3 rings (SSSR count). The Balaban J connectivity index is 1.73. The van der Waals surface area contributed by atoms with Crippen molar-refractivity contribution in [3.63, 3.8) is 0 Å². The van der Waals surface area contributed by atoms with Gasteiger partial charge in [-0.1, -0.05) is 12.1 Å². The molecule has 1 heterocycles. The molecule has 5 N–H and O–H groups in total. The molecule has 2 aromatic rings. The maximum absolute atomic E-state index is 10.1. The van der Waals surface area contributed by atoms with Gasteiger partial charge in [-0.05, 0) is 42.0 Å². The van der Waals surface area contributed by atoms with Crippen LogP contribution in [0.5, 0.6) is 5.75 Å². The molecule has 1 saturated heterocycles. The highest BCUT2D eigenvalue weighted by molar-refractivity contribution is 5.43. The Morgan fingerprint density at radius 2 is 1.31 bits per heavy atom. The molecule has 2 aromatic carbocycles. The van der Waals surface area contributed by atoms with Gasteiger partial charge >= 0.3 is 0 Å². The van der Waals surface area contributed by atoms with Gasteiger partial charge in [0.05, 0.1) is 18.0 Å². The lowest BCUT2D eigenvalue weighted by atomic mass is 9.91. The van der Waals surface area contributed by atoms with Crippen molar-refractivity contribution in [3.8, 4) is 5.75 Å². The summed E-state index contributed by atoms with van der Waals surface area (Å²) >= 11 is 0. The van der Waals surface area contributed by atoms with Gasteiger partial charge in [-0.25, -0.2) is 0 Å². The predicted molar refractivity (Wildman–Crippen MR) is 91.4 cm³/mol. The molecule has 1 fully saturated rings. The fourth-order valence-corrected chi connectivity index (χ4v) is 2.74. The number of azo groups is 1. The normalized spacial score (nSPS) is 29.2. The number of hydrogen-bond acceptors (Lipinski definition) is 8. The summed E-state index contributed by atoms with van der Waals surface area (Å²) in [6.45, 7) is -0.472. The SMILES string of the molecule is OC[C@H]1O[C@@H](c2ccc(N=Nc3ccc(O)cc3)cc2)[C@H](O)[C@@H](O)[C@H]1O. The predicted octanol–water partition coefficient (Wildman–Crippen LogP) is 1.32. The Morgan fingerprint density at radius 3 is 1.85 bits per heavy atom. The summed E-state index contributed by atoms with van der Waals surface area (Å²) in [6, 6.07) is 12.9. The number of aliphatic hydroxyl groups is 4. The van der Waals surface area contributed by atoms with E-state index in [1.165, 1.54) is 12.1 Å². The maximum atomic E-state index is 10.1. The van der Waals surface area contributed by atoms with Gasteiger partial charge in [0, 0.05) is 0 Å². The van der Waals surface area contributed by atoms with E-state index in [0.717, 1.165) is 0 Å². The molecule has 1 aliphatic rings. The molecular formula is C18H20N2O6. The van der Waals surface area contributed by atoms with Crippen LogP contribution in [0.25, 0.3) is 0 Å². The third kappa shape index (κ3) is 3.90. The maximum Gasteiger partial charge on any atom is 0.115 e. The van der Waals surface area contributed by atoms with Crippen LogP contribution in [0.4, 0.5) is 11.4 Å². The summed E-state index contributed by atoms with van der Waals surface area (Å²) in [5.41, 5.74) is 1.72. The molecule has 8 nitrogen and oxygen atoms in total. The van der Waals surface area contributed by atoms with Crippen LogP contribution in [0.3, 0.4) is 0 Å². The zero-order valence-corrected chi connectivity index (χ0v) is 13.8. The van der Waals surface area contributed by atoms with Crippen LogP contribution in [-0.2, 0) is 4.74 Å². The van der Waals surface area contributed by atoms with Gasteiger partial charge in [-0.3, -0.25) is 0 Å². The highest BCUT2D eigenvalue weighted by atomic mass is 16.5. The first kappa shape index (κ1) is 18.4. The minimum atomic E-state index is -1.42. The molecule has 1 aliphatic heterocycles. The van der Waals surface area contributed by atoms with Gasteiger partial charge < -0.3 is 30.3 Å². The molecule has 0 amide bonds. The fraction of sp³-hybridized carbons (Fsp3) is 0.333. The number of phenolic OH excluding ortho intramolecular Hbond substituents is 1. The number of nitrogens with zero attached hydrogens (tertiary/aromatic N) is 2. The summed E-state index contributed by atoms with van der Waals surface area (Å²) in [5.74, 6) is 0.146. The molecule has 26 heavy (non-hydrogen) atoms. The molecule has 0 bridgehead atoms. The number of rotatable bonds is 4. The van der Waals surface area contributed by atoms with Crippen LogP contribution in [-0.4, -0.2) is 56.6 Å². The van der Waals surface area contributed by atoms with Crippen LogP contribution < -0.4 is 0 Å². The monoisotopic (exact) mass is 360 g/mol. The minimum absolute atomic E-state index is 0.146. The van der Waals surface area contributed by atoms with Gasteiger partial charge in [-0.2, -0.15) is 10.2 Å². The zero-order chi connectivity index (χ0) is 18.7. The number of hydrogen-bond donors (Lipinski definition) is 5. The van der Waals surface area contributed by atoms with Crippen molar-refractivity contribution in [2.75, 3.05) is 6.61 Å². The molecule has 0 aliphatic carbocycles. The molecule has 0 saturated carbocycles. The van der Waals surface area contributed by atoms with Gasteiger partial charge in [0.15, 0.2) is 0 Å². The van der Waals surface area contributed by atoms with Crippen molar-refractivity contribution in [2.45, 2.75) is 30.5 Å². The molecule has 8 heteroatoms. The third-order valence-electron chi connectivity index (χ3n) is 4.24. The fourth-order valence-electron chi connectivity index (χ4n) is 2.74. The number of benzene rings is 2. The van der Waals surface area contributed by atoms with E-state index in [1.54, 1.807) is 36.4 Å². The van der Waals surface area contributed by atoms with Crippen LogP contribution >= 0.6 is 0 Å². The number of ether oxygens (including phenoxy) is 1. The first-order valence-corrected chi connectivity index (χ1v) is 8.11. The van der Waals surface area contributed by atoms with Crippen LogP contribution in [0.1, 0.15) is 11.7 Å². The molecule has 0 spiro atoms. The van der Waals surface area contributed by atoms with E-state index < -0.39 is 37.1 Å². The standard InChI is InChI=1S/C18H20N2O6/c21-9-14-15(23)16(24)17(25)18(26-14)10-1-3-11(4-2-10)19-20-12-5-7-13(22)8-6-12/h1-8,14-18,21-25H,9H2/t14-,15+,16+,17-,18+/m1/s1. The Bertz CT molecular complexity index is 747. The van der Waals surface area contributed by atoms with Crippen molar-refractivity contribution in [1.29, 1.82) is 0 Å². The number of phenols is 1. The van der Waals surface area contributed by atoms with Crippen LogP contribution in [0.15, 0.2) is 58.8 Å². The zero-order valence-electron chi connectivity index (χ0n) is 13.8. The third-order valence-corrected chi connectivity index (χ3v) is 4.24. The lowest BCUT2D eigenvalue weighted by Crippen LogP contribution is -2.55. The van der Waals surface area contributed by atoms with Crippen molar-refractivity contribution < 1.29 is 30.3 Å². The average Bonchev–Trinajstić information content (AvgIpc) is 2.67. The van der Waals surface area contributed by atoms with E-state index in [9.17, 15) is 25.5 Å². The second kappa shape index (κ2) is 7.90. The largest absolute Gasteiger partial charge is 0.508 e. The second-order valence-corrected chi connectivity index (χ2v) is 6.06. The van der Waals surface area contributed by atoms with Crippen molar-refractivity contribution in [1.82, 2.24) is 0 Å². The lowest BCUT2D eigenvalue weighted by Gasteiger charge is -2.40. The highest BCUT2D eigenvalue weighted by Crippen LogP contribution is 2.33. The van der Waals surface area contributed by atoms with Gasteiger partial charge in [-0.15, -0.1) is 0 Å². The summed E-state index contributed by atoms with van der Waals surface area (Å²) in [5, 5.41) is 56.4. The van der Waals surface area contributed by atoms with E-state index in [2.05, 4.69) is 10.2 Å². The van der Waals surface area contributed by atoms with E-state index in [0.29, 0.717) is 16.9 Å². The van der Waals surface area contributed by atoms with Crippen LogP contribution in [0, 0.1) is 0 Å². The Labute approximate surface area is 149 Å². The molecule has 0 radical (unpaired) electrons. The quantitative estimate of drug-likeness (QED) is 0.522. The average molecular weight is 360 g/mol. The van der Waals surface area contributed by atoms with Crippen molar-refractivity contribution >= 4 is 11.4 Å². The van der Waals surface area contributed by atoms with Gasteiger partial charge in [0.2, 0.25) is 0 Å². The first-order chi connectivity index (χ1) is 12.5. The van der Waals surface area contributed by atoms with Crippen molar-refractivity contribution in [2.24, 2.45) is 10.2 Å². The molecular weight excluding hydrogens is 340 g/mol. The molecule has 138 valence electrons. The van der Waals surface area contributed by atoms with Gasteiger partial charge in [0.25, 0.3) is 0 Å². The van der Waals surface area contributed by atoms with Gasteiger partial charge in [0.1, 0.15) is 36.3 Å².